The van der Waals surface area contributed by atoms with E-state index in [4.69, 9.17) is 4.74 Å². The minimum atomic E-state index is 0.305. The number of hydrogen-bond donors (Lipinski definition) is 0. The third kappa shape index (κ3) is 2.19. The molecule has 0 saturated heterocycles. The van der Waals surface area contributed by atoms with E-state index in [0.29, 0.717) is 6.10 Å². The molecule has 1 nitrogen and oxygen atoms in total. The average molecular weight is 242 g/mol. The van der Waals surface area contributed by atoms with E-state index in [1.807, 2.05) is 0 Å². The van der Waals surface area contributed by atoms with E-state index in [2.05, 4.69) is 38.1 Å². The molecule has 0 bridgehead atoms. The molecule has 1 heteroatoms. The molecule has 1 atom stereocenters. The number of hydrogen-bond acceptors (Lipinski definition) is 1. The van der Waals surface area contributed by atoms with E-state index in [1.54, 1.807) is 0 Å². The summed E-state index contributed by atoms with van der Waals surface area (Å²) in [4.78, 5) is 0. The largest absolute Gasteiger partial charge is 0.485 e. The van der Waals surface area contributed by atoms with Crippen molar-refractivity contribution in [2.24, 2.45) is 5.92 Å². The van der Waals surface area contributed by atoms with E-state index < -0.39 is 0 Å². The third-order valence-corrected chi connectivity index (χ3v) is 4.28. The topological polar surface area (TPSA) is 9.23 Å². The van der Waals surface area contributed by atoms with Gasteiger partial charge in [-0.25, -0.2) is 0 Å². The van der Waals surface area contributed by atoms with Crippen LogP contribution in [0.3, 0.4) is 0 Å². The van der Waals surface area contributed by atoms with Crippen LogP contribution < -0.4 is 4.74 Å². The zero-order valence-electron chi connectivity index (χ0n) is 11.4. The Bertz CT molecular complexity index is 467. The summed E-state index contributed by atoms with van der Waals surface area (Å²) >= 11 is 0. The monoisotopic (exact) mass is 242 g/mol. The second-order valence-corrected chi connectivity index (χ2v) is 5.84. The van der Waals surface area contributed by atoms with Crippen LogP contribution in [0.2, 0.25) is 0 Å². The van der Waals surface area contributed by atoms with Gasteiger partial charge in [0.05, 0.1) is 0 Å². The van der Waals surface area contributed by atoms with Crippen LogP contribution in [0.4, 0.5) is 0 Å². The van der Waals surface area contributed by atoms with Crippen LogP contribution in [0.15, 0.2) is 18.2 Å². The Labute approximate surface area is 110 Å². The standard InChI is InChI=1S/C17H22O/c1-12-10-13(2)17-15(11-12)8-9-16(18-17)14-6-4-3-5-7-14/h8-11,14,16H,3-7H2,1-2H3. The maximum atomic E-state index is 6.27. The van der Waals surface area contributed by atoms with Gasteiger partial charge in [0.25, 0.3) is 0 Å². The summed E-state index contributed by atoms with van der Waals surface area (Å²) in [5.41, 5.74) is 3.84. The van der Waals surface area contributed by atoms with Crippen molar-refractivity contribution in [1.29, 1.82) is 0 Å². The van der Waals surface area contributed by atoms with Crippen molar-refractivity contribution >= 4 is 6.08 Å². The minimum absolute atomic E-state index is 0.305. The molecule has 1 unspecified atom stereocenters. The van der Waals surface area contributed by atoms with Crippen molar-refractivity contribution in [1.82, 2.24) is 0 Å². The molecule has 1 aromatic rings. The van der Waals surface area contributed by atoms with Crippen LogP contribution in [-0.2, 0) is 0 Å². The second kappa shape index (κ2) is 4.79. The minimum Gasteiger partial charge on any atom is -0.485 e. The fourth-order valence-corrected chi connectivity index (χ4v) is 3.36. The third-order valence-electron chi connectivity index (χ3n) is 4.28. The van der Waals surface area contributed by atoms with Crippen LogP contribution in [0.25, 0.3) is 6.08 Å². The lowest BCUT2D eigenvalue weighted by Gasteiger charge is -2.32. The van der Waals surface area contributed by atoms with E-state index in [9.17, 15) is 0 Å². The summed E-state index contributed by atoms with van der Waals surface area (Å²) in [5.74, 6) is 1.84. The molecule has 0 aromatic heterocycles. The first-order valence-corrected chi connectivity index (χ1v) is 7.20. The molecule has 0 N–H and O–H groups in total. The smallest absolute Gasteiger partial charge is 0.130 e. The van der Waals surface area contributed by atoms with Gasteiger partial charge in [-0.15, -0.1) is 0 Å². The van der Waals surface area contributed by atoms with Crippen molar-refractivity contribution in [2.75, 3.05) is 0 Å². The van der Waals surface area contributed by atoms with Crippen LogP contribution in [0.5, 0.6) is 5.75 Å². The Hall–Kier alpha value is -1.24. The van der Waals surface area contributed by atoms with Gasteiger partial charge >= 0.3 is 0 Å². The van der Waals surface area contributed by atoms with Crippen molar-refractivity contribution in [3.63, 3.8) is 0 Å². The molecule has 1 aliphatic heterocycles. The predicted octanol–water partition coefficient (Wildman–Crippen LogP) is 4.66. The molecule has 1 saturated carbocycles. The summed E-state index contributed by atoms with van der Waals surface area (Å²) in [6.07, 6.45) is 11.6. The average Bonchev–Trinajstić information content (AvgIpc) is 2.39. The Morgan fingerprint density at radius 3 is 2.61 bits per heavy atom. The molecule has 1 heterocycles. The van der Waals surface area contributed by atoms with Crippen molar-refractivity contribution in [3.8, 4) is 5.75 Å². The predicted molar refractivity (Wildman–Crippen MR) is 75.9 cm³/mol. The molecule has 96 valence electrons. The molecule has 3 rings (SSSR count). The molecule has 18 heavy (non-hydrogen) atoms. The summed E-state index contributed by atoms with van der Waals surface area (Å²) in [6.45, 7) is 4.30. The fourth-order valence-electron chi connectivity index (χ4n) is 3.36. The van der Waals surface area contributed by atoms with Gasteiger partial charge < -0.3 is 4.74 Å². The lowest BCUT2D eigenvalue weighted by Crippen LogP contribution is -2.28. The second-order valence-electron chi connectivity index (χ2n) is 5.84. The van der Waals surface area contributed by atoms with Crippen LogP contribution in [-0.4, -0.2) is 6.10 Å². The van der Waals surface area contributed by atoms with Gasteiger partial charge in [-0.05, 0) is 50.3 Å². The highest BCUT2D eigenvalue weighted by Crippen LogP contribution is 2.36. The van der Waals surface area contributed by atoms with E-state index in [0.717, 1.165) is 11.7 Å². The molecule has 0 amide bonds. The molecular weight excluding hydrogens is 220 g/mol. The van der Waals surface area contributed by atoms with Crippen LogP contribution >= 0.6 is 0 Å². The normalized spacial score (nSPS) is 23.6. The lowest BCUT2D eigenvalue weighted by molar-refractivity contribution is 0.143. The highest BCUT2D eigenvalue weighted by atomic mass is 16.5. The quantitative estimate of drug-likeness (QED) is 0.696. The zero-order valence-corrected chi connectivity index (χ0v) is 11.4. The first-order valence-electron chi connectivity index (χ1n) is 7.20. The number of ether oxygens (including phenoxy) is 1. The SMILES string of the molecule is Cc1cc(C)c2c(c1)C=CC(C1CCCCC1)O2. The van der Waals surface area contributed by atoms with Gasteiger partial charge in [-0.2, -0.15) is 0 Å². The number of rotatable bonds is 1. The first-order chi connectivity index (χ1) is 8.74. The first kappa shape index (κ1) is 11.8. The summed E-state index contributed by atoms with van der Waals surface area (Å²) in [6, 6.07) is 4.44. The zero-order chi connectivity index (χ0) is 12.5. The summed E-state index contributed by atoms with van der Waals surface area (Å²) in [7, 11) is 0. The Morgan fingerprint density at radius 2 is 1.83 bits per heavy atom. The van der Waals surface area contributed by atoms with E-state index in [-0.39, 0.29) is 0 Å². The molecule has 1 aromatic carbocycles. The molecule has 2 aliphatic rings. The molecule has 0 spiro atoms. The van der Waals surface area contributed by atoms with Crippen LogP contribution in [0.1, 0.15) is 48.8 Å². The van der Waals surface area contributed by atoms with E-state index >= 15 is 0 Å². The van der Waals surface area contributed by atoms with Crippen molar-refractivity contribution in [3.05, 3.63) is 34.9 Å². The maximum Gasteiger partial charge on any atom is 0.130 e. The summed E-state index contributed by atoms with van der Waals surface area (Å²) in [5, 5.41) is 0. The van der Waals surface area contributed by atoms with Gasteiger partial charge in [-0.3, -0.25) is 0 Å². The molecular formula is C17H22O. The number of benzene rings is 1. The fraction of sp³-hybridized carbons (Fsp3) is 0.529. The van der Waals surface area contributed by atoms with Crippen molar-refractivity contribution < 1.29 is 4.74 Å². The Kier molecular flexibility index (Phi) is 3.15. The molecule has 1 aliphatic carbocycles. The van der Waals surface area contributed by atoms with E-state index in [1.165, 1.54) is 48.8 Å². The lowest BCUT2D eigenvalue weighted by atomic mass is 9.84. The van der Waals surface area contributed by atoms with Gasteiger partial charge in [0, 0.05) is 5.56 Å². The maximum absolute atomic E-state index is 6.27. The number of fused-ring (bicyclic) bond motifs is 1. The van der Waals surface area contributed by atoms with Crippen LogP contribution in [0, 0.1) is 19.8 Å². The molecule has 0 radical (unpaired) electrons. The van der Waals surface area contributed by atoms with Gasteiger partial charge in [0.15, 0.2) is 0 Å². The Morgan fingerprint density at radius 1 is 1.06 bits per heavy atom. The number of aryl methyl sites for hydroxylation is 2. The van der Waals surface area contributed by atoms with Crippen molar-refractivity contribution in [2.45, 2.75) is 52.1 Å². The highest BCUT2D eigenvalue weighted by Gasteiger charge is 2.26. The van der Waals surface area contributed by atoms with Gasteiger partial charge in [0.1, 0.15) is 11.9 Å². The molecule has 1 fully saturated rings. The highest BCUT2D eigenvalue weighted by molar-refractivity contribution is 5.63. The van der Waals surface area contributed by atoms with Gasteiger partial charge in [-0.1, -0.05) is 37.0 Å². The Balaban J connectivity index is 1.84. The summed E-state index contributed by atoms with van der Waals surface area (Å²) < 4.78 is 6.27. The van der Waals surface area contributed by atoms with Gasteiger partial charge in [0.2, 0.25) is 0 Å².